The van der Waals surface area contributed by atoms with E-state index in [1.807, 2.05) is 10.7 Å². The van der Waals surface area contributed by atoms with E-state index in [1.54, 1.807) is 13.1 Å². The number of hydrogen-bond donors (Lipinski definition) is 1. The van der Waals surface area contributed by atoms with Crippen LogP contribution in [0.4, 0.5) is 5.82 Å². The smallest absolute Gasteiger partial charge is 0.160 e. The van der Waals surface area contributed by atoms with Crippen molar-refractivity contribution in [2.75, 3.05) is 36.1 Å². The monoisotopic (exact) mass is 440 g/mol. The second kappa shape index (κ2) is 8.04. The minimum Gasteiger partial charge on any atom is -0.396 e. The molecule has 2 aromatic heterocycles. The quantitative estimate of drug-likeness (QED) is 0.666. The van der Waals surface area contributed by atoms with Crippen LogP contribution < -0.4 is 4.90 Å². The van der Waals surface area contributed by atoms with Crippen LogP contribution in [0.25, 0.3) is 10.9 Å². The fourth-order valence-electron chi connectivity index (χ4n) is 4.83. The van der Waals surface area contributed by atoms with Crippen LogP contribution in [-0.2, 0) is 16.4 Å². The molecule has 0 amide bonds. The van der Waals surface area contributed by atoms with Crippen molar-refractivity contribution < 1.29 is 13.5 Å². The summed E-state index contributed by atoms with van der Waals surface area (Å²) < 4.78 is 26.0. The zero-order chi connectivity index (χ0) is 20.6. The molecule has 1 aliphatic carbocycles. The van der Waals surface area contributed by atoms with E-state index < -0.39 is 9.84 Å². The van der Waals surface area contributed by atoms with Gasteiger partial charge in [-0.1, -0.05) is 31.4 Å². The van der Waals surface area contributed by atoms with E-state index >= 15 is 0 Å². The second-order valence-corrected chi connectivity index (χ2v) is 11.5. The average Bonchev–Trinajstić information content (AvgIpc) is 3.42. The molecule has 1 aliphatic heterocycles. The summed E-state index contributed by atoms with van der Waals surface area (Å²) in [5.74, 6) is 1.38. The number of nitrogens with zero attached hydrogens (tertiary/aromatic N) is 4. The molecule has 0 spiro atoms. The first-order valence-corrected chi connectivity index (χ1v) is 12.6. The molecule has 2 fully saturated rings. The first-order valence-electron chi connectivity index (χ1n) is 10.4. The maximum Gasteiger partial charge on any atom is 0.160 e. The number of pyridine rings is 1. The molecule has 0 bridgehead atoms. The van der Waals surface area contributed by atoms with Crippen LogP contribution in [0.5, 0.6) is 0 Å². The van der Waals surface area contributed by atoms with Gasteiger partial charge in [0.25, 0.3) is 0 Å². The van der Waals surface area contributed by atoms with Gasteiger partial charge in [-0.15, -0.1) is 0 Å². The molecule has 1 saturated heterocycles. The number of rotatable bonds is 7. The lowest BCUT2D eigenvalue weighted by Crippen LogP contribution is -2.28. The van der Waals surface area contributed by atoms with E-state index in [1.165, 1.54) is 0 Å². The Morgan fingerprint density at radius 3 is 2.79 bits per heavy atom. The third-order valence-corrected chi connectivity index (χ3v) is 8.65. The number of sulfone groups is 1. The molecular weight excluding hydrogens is 412 g/mol. The Balaban J connectivity index is 1.64. The Labute approximate surface area is 177 Å². The number of aliphatic hydroxyl groups is 1. The van der Waals surface area contributed by atoms with E-state index in [0.717, 1.165) is 55.4 Å². The second-order valence-electron chi connectivity index (χ2n) is 8.67. The molecule has 0 radical (unpaired) electrons. The molecule has 3 heterocycles. The zero-order valence-electron chi connectivity index (χ0n) is 16.8. The van der Waals surface area contributed by atoms with Crippen LogP contribution in [0.1, 0.15) is 39.0 Å². The minimum atomic E-state index is -2.99. The Kier molecular flexibility index (Phi) is 5.79. The van der Waals surface area contributed by atoms with Crippen molar-refractivity contribution in [2.45, 2.75) is 45.6 Å². The van der Waals surface area contributed by atoms with Gasteiger partial charge in [0.1, 0.15) is 15.0 Å². The summed E-state index contributed by atoms with van der Waals surface area (Å²) in [7, 11) is -2.99. The minimum absolute atomic E-state index is 0.124. The highest BCUT2D eigenvalue weighted by atomic mass is 35.5. The summed E-state index contributed by atoms with van der Waals surface area (Å²) in [5, 5.41) is 16.3. The van der Waals surface area contributed by atoms with Gasteiger partial charge in [-0.2, -0.15) is 5.10 Å². The number of anilines is 1. The predicted octanol–water partition coefficient (Wildman–Crippen LogP) is 2.90. The Morgan fingerprint density at radius 2 is 2.10 bits per heavy atom. The van der Waals surface area contributed by atoms with E-state index in [0.29, 0.717) is 18.2 Å². The molecule has 9 heteroatoms. The van der Waals surface area contributed by atoms with Crippen LogP contribution >= 0.6 is 11.6 Å². The van der Waals surface area contributed by atoms with Gasteiger partial charge in [0.15, 0.2) is 5.82 Å². The van der Waals surface area contributed by atoms with Gasteiger partial charge in [0, 0.05) is 43.1 Å². The van der Waals surface area contributed by atoms with Gasteiger partial charge in [0.2, 0.25) is 0 Å². The fourth-order valence-corrected chi connectivity index (χ4v) is 6.21. The van der Waals surface area contributed by atoms with Crippen LogP contribution in [0.15, 0.2) is 12.3 Å². The molecule has 1 N–H and O–H groups in total. The van der Waals surface area contributed by atoms with E-state index in [2.05, 4.69) is 9.88 Å². The molecular formula is C20H29ClN4O3S. The van der Waals surface area contributed by atoms with Gasteiger partial charge in [-0.05, 0) is 25.2 Å². The molecule has 160 valence electrons. The highest BCUT2D eigenvalue weighted by molar-refractivity contribution is 7.91. The van der Waals surface area contributed by atoms with E-state index in [9.17, 15) is 13.5 Å². The average molecular weight is 441 g/mol. The lowest BCUT2D eigenvalue weighted by molar-refractivity contribution is 0.109. The van der Waals surface area contributed by atoms with Gasteiger partial charge >= 0.3 is 0 Å². The van der Waals surface area contributed by atoms with Crippen molar-refractivity contribution in [3.63, 3.8) is 0 Å². The van der Waals surface area contributed by atoms with Crippen molar-refractivity contribution in [1.29, 1.82) is 0 Å². The molecule has 4 rings (SSSR count). The van der Waals surface area contributed by atoms with Crippen molar-refractivity contribution in [2.24, 2.45) is 11.3 Å². The SMILES string of the molecule is CCS(=O)(=O)C[C@H]1CCN(c2nn(CC3(CO)CCCC3)c3cc(Cl)ncc23)C1. The third-order valence-electron chi connectivity index (χ3n) is 6.58. The zero-order valence-corrected chi connectivity index (χ0v) is 18.4. The van der Waals surface area contributed by atoms with Gasteiger partial charge < -0.3 is 10.0 Å². The first-order chi connectivity index (χ1) is 13.8. The standard InChI is InChI=1S/C20H29ClN4O3S/c1-2-29(27,28)12-15-5-8-24(11-15)19-16-10-22-18(21)9-17(16)25(23-19)13-20(14-26)6-3-4-7-20/h9-10,15,26H,2-8,11-14H2,1H3/t15-/m0/s1. The molecule has 0 unspecified atom stereocenters. The number of aromatic nitrogens is 3. The largest absolute Gasteiger partial charge is 0.396 e. The Morgan fingerprint density at radius 1 is 1.34 bits per heavy atom. The summed E-state index contributed by atoms with van der Waals surface area (Å²) in [4.78, 5) is 6.43. The normalized spacial score (nSPS) is 22.0. The summed E-state index contributed by atoms with van der Waals surface area (Å²) >= 11 is 6.17. The first kappa shape index (κ1) is 20.9. The summed E-state index contributed by atoms with van der Waals surface area (Å²) in [6, 6.07) is 1.84. The topological polar surface area (TPSA) is 88.3 Å². The number of halogens is 1. The number of hydrogen-bond acceptors (Lipinski definition) is 6. The highest BCUT2D eigenvalue weighted by Crippen LogP contribution is 2.40. The number of aliphatic hydroxyl groups excluding tert-OH is 1. The lowest BCUT2D eigenvalue weighted by atomic mass is 9.87. The summed E-state index contributed by atoms with van der Waals surface area (Å²) in [6.07, 6.45) is 6.87. The highest BCUT2D eigenvalue weighted by Gasteiger charge is 2.35. The van der Waals surface area contributed by atoms with Crippen molar-refractivity contribution >= 4 is 38.2 Å². The fraction of sp³-hybridized carbons (Fsp3) is 0.700. The van der Waals surface area contributed by atoms with E-state index in [4.69, 9.17) is 16.7 Å². The van der Waals surface area contributed by atoms with Gasteiger partial charge in [-0.3, -0.25) is 4.68 Å². The van der Waals surface area contributed by atoms with E-state index in [-0.39, 0.29) is 29.4 Å². The Hall–Kier alpha value is -1.38. The maximum absolute atomic E-state index is 12.0. The van der Waals surface area contributed by atoms with Crippen LogP contribution in [0, 0.1) is 11.3 Å². The van der Waals surface area contributed by atoms with Crippen LogP contribution in [-0.4, -0.2) is 59.5 Å². The molecule has 7 nitrogen and oxygen atoms in total. The number of fused-ring (bicyclic) bond motifs is 1. The van der Waals surface area contributed by atoms with Crippen molar-refractivity contribution in [3.8, 4) is 0 Å². The molecule has 1 saturated carbocycles. The lowest BCUT2D eigenvalue weighted by Gasteiger charge is -2.26. The summed E-state index contributed by atoms with van der Waals surface area (Å²) in [5.41, 5.74) is 0.790. The van der Waals surface area contributed by atoms with Crippen LogP contribution in [0.3, 0.4) is 0 Å². The van der Waals surface area contributed by atoms with Gasteiger partial charge in [-0.25, -0.2) is 13.4 Å². The molecule has 2 aromatic rings. The maximum atomic E-state index is 12.0. The summed E-state index contributed by atoms with van der Waals surface area (Å²) in [6.45, 7) is 3.97. The Bertz CT molecular complexity index is 985. The molecule has 0 aromatic carbocycles. The van der Waals surface area contributed by atoms with Crippen LogP contribution in [0.2, 0.25) is 5.15 Å². The van der Waals surface area contributed by atoms with Crippen molar-refractivity contribution in [1.82, 2.24) is 14.8 Å². The van der Waals surface area contributed by atoms with Crippen molar-refractivity contribution in [3.05, 3.63) is 17.4 Å². The predicted molar refractivity (Wildman–Crippen MR) is 115 cm³/mol. The van der Waals surface area contributed by atoms with Gasteiger partial charge in [0.05, 0.1) is 23.3 Å². The third kappa shape index (κ3) is 4.25. The molecule has 1 atom stereocenters. The molecule has 29 heavy (non-hydrogen) atoms. The molecule has 2 aliphatic rings.